The summed E-state index contributed by atoms with van der Waals surface area (Å²) in [5.41, 5.74) is 0.848. The van der Waals surface area contributed by atoms with Gasteiger partial charge in [-0.05, 0) is 29.6 Å². The van der Waals surface area contributed by atoms with Gasteiger partial charge in [-0.1, -0.05) is 12.1 Å². The second-order valence-electron chi connectivity index (χ2n) is 5.33. The molecule has 0 bridgehead atoms. The minimum atomic E-state index is -0.540. The molecule has 1 N–H and O–H groups in total. The van der Waals surface area contributed by atoms with E-state index < -0.39 is 12.0 Å². The molecule has 1 atom stereocenters. The molecular weight excluding hydrogens is 360 g/mol. The number of carbonyl (C=O) groups is 3. The molecule has 1 unspecified atom stereocenters. The highest BCUT2D eigenvalue weighted by Gasteiger charge is 2.35. The van der Waals surface area contributed by atoms with Crippen molar-refractivity contribution in [3.8, 4) is 0 Å². The topological polar surface area (TPSA) is 75.7 Å². The third kappa shape index (κ3) is 3.85. The molecule has 2 amide bonds. The van der Waals surface area contributed by atoms with E-state index in [1.54, 1.807) is 47.0 Å². The minimum absolute atomic E-state index is 0.136. The van der Waals surface area contributed by atoms with Crippen LogP contribution in [-0.4, -0.2) is 47.5 Å². The first-order valence-electron chi connectivity index (χ1n) is 7.51. The van der Waals surface area contributed by atoms with Crippen LogP contribution in [0.4, 0.5) is 5.69 Å². The number of hydrogen-bond acceptors (Lipinski definition) is 6. The molecule has 1 fully saturated rings. The predicted octanol–water partition coefficient (Wildman–Crippen LogP) is 2.69. The molecule has 1 aliphatic heterocycles. The van der Waals surface area contributed by atoms with E-state index in [-0.39, 0.29) is 11.8 Å². The van der Waals surface area contributed by atoms with Gasteiger partial charge in [-0.3, -0.25) is 9.59 Å². The Labute approximate surface area is 153 Å². The monoisotopic (exact) mass is 376 g/mol. The molecule has 0 saturated carbocycles. The SMILES string of the molecule is COC(=O)c1cccc(NC(=O)C2CSCN2C(=O)c2cccs2)c1. The second kappa shape index (κ2) is 7.71. The molecule has 0 radical (unpaired) electrons. The van der Waals surface area contributed by atoms with E-state index in [1.165, 1.54) is 18.4 Å². The Kier molecular flexibility index (Phi) is 5.40. The van der Waals surface area contributed by atoms with Crippen LogP contribution in [0.25, 0.3) is 0 Å². The molecule has 2 aromatic rings. The van der Waals surface area contributed by atoms with Crippen molar-refractivity contribution in [3.63, 3.8) is 0 Å². The van der Waals surface area contributed by atoms with Crippen molar-refractivity contribution in [3.05, 3.63) is 52.2 Å². The summed E-state index contributed by atoms with van der Waals surface area (Å²) in [6.07, 6.45) is 0. The lowest BCUT2D eigenvalue weighted by Crippen LogP contribution is -2.44. The molecule has 25 heavy (non-hydrogen) atoms. The van der Waals surface area contributed by atoms with Gasteiger partial charge in [0.2, 0.25) is 5.91 Å². The lowest BCUT2D eigenvalue weighted by Gasteiger charge is -2.22. The number of ether oxygens (including phenoxy) is 1. The summed E-state index contributed by atoms with van der Waals surface area (Å²) in [4.78, 5) is 38.9. The molecule has 1 aliphatic rings. The van der Waals surface area contributed by atoms with Gasteiger partial charge < -0.3 is 15.0 Å². The van der Waals surface area contributed by atoms with Crippen LogP contribution in [0.15, 0.2) is 41.8 Å². The van der Waals surface area contributed by atoms with Gasteiger partial charge in [0.1, 0.15) is 6.04 Å². The Morgan fingerprint density at radius 1 is 1.24 bits per heavy atom. The minimum Gasteiger partial charge on any atom is -0.465 e. The number of methoxy groups -OCH3 is 1. The van der Waals surface area contributed by atoms with Crippen LogP contribution in [0.5, 0.6) is 0 Å². The Balaban J connectivity index is 1.72. The van der Waals surface area contributed by atoms with E-state index in [2.05, 4.69) is 10.1 Å². The van der Waals surface area contributed by atoms with Crippen molar-refractivity contribution in [2.75, 3.05) is 24.1 Å². The highest BCUT2D eigenvalue weighted by molar-refractivity contribution is 7.99. The van der Waals surface area contributed by atoms with E-state index in [1.807, 2.05) is 11.4 Å². The van der Waals surface area contributed by atoms with Crippen LogP contribution in [0.2, 0.25) is 0 Å². The number of rotatable bonds is 4. The van der Waals surface area contributed by atoms with Gasteiger partial charge in [0, 0.05) is 11.4 Å². The van der Waals surface area contributed by atoms with Crippen LogP contribution in [-0.2, 0) is 9.53 Å². The van der Waals surface area contributed by atoms with Gasteiger partial charge in [-0.15, -0.1) is 23.1 Å². The van der Waals surface area contributed by atoms with Gasteiger partial charge in [0.25, 0.3) is 5.91 Å². The lowest BCUT2D eigenvalue weighted by molar-refractivity contribution is -0.119. The average Bonchev–Trinajstić information content (AvgIpc) is 3.32. The van der Waals surface area contributed by atoms with Crippen molar-refractivity contribution >= 4 is 46.6 Å². The van der Waals surface area contributed by atoms with Crippen LogP contribution < -0.4 is 5.32 Å². The highest BCUT2D eigenvalue weighted by Crippen LogP contribution is 2.25. The highest BCUT2D eigenvalue weighted by atomic mass is 32.2. The van der Waals surface area contributed by atoms with Crippen molar-refractivity contribution in [2.24, 2.45) is 0 Å². The van der Waals surface area contributed by atoms with E-state index in [9.17, 15) is 14.4 Å². The maximum Gasteiger partial charge on any atom is 0.337 e. The molecule has 6 nitrogen and oxygen atoms in total. The number of thiophene rings is 1. The van der Waals surface area contributed by atoms with E-state index in [0.29, 0.717) is 27.8 Å². The zero-order chi connectivity index (χ0) is 17.8. The maximum absolute atomic E-state index is 12.6. The summed E-state index contributed by atoms with van der Waals surface area (Å²) in [6.45, 7) is 0. The second-order valence-corrected chi connectivity index (χ2v) is 7.28. The average molecular weight is 376 g/mol. The van der Waals surface area contributed by atoms with Crippen LogP contribution in [0.3, 0.4) is 0 Å². The molecule has 8 heteroatoms. The maximum atomic E-state index is 12.6. The number of nitrogens with zero attached hydrogens (tertiary/aromatic N) is 1. The van der Waals surface area contributed by atoms with Gasteiger partial charge >= 0.3 is 5.97 Å². The van der Waals surface area contributed by atoms with Crippen LogP contribution in [0.1, 0.15) is 20.0 Å². The smallest absolute Gasteiger partial charge is 0.337 e. The molecule has 1 saturated heterocycles. The molecule has 130 valence electrons. The molecular formula is C17H16N2O4S2. The van der Waals surface area contributed by atoms with Crippen molar-refractivity contribution in [1.82, 2.24) is 4.90 Å². The Hall–Kier alpha value is -2.32. The first kappa shape index (κ1) is 17.5. The zero-order valence-corrected chi connectivity index (χ0v) is 15.1. The number of carbonyl (C=O) groups excluding carboxylic acids is 3. The first-order valence-corrected chi connectivity index (χ1v) is 9.55. The molecule has 2 heterocycles. The van der Waals surface area contributed by atoms with E-state index in [0.717, 1.165) is 0 Å². The van der Waals surface area contributed by atoms with Gasteiger partial charge in [-0.25, -0.2) is 4.79 Å². The normalized spacial score (nSPS) is 16.5. The fraction of sp³-hybridized carbons (Fsp3) is 0.235. The van der Waals surface area contributed by atoms with Gasteiger partial charge in [-0.2, -0.15) is 0 Å². The molecule has 1 aromatic carbocycles. The fourth-order valence-corrected chi connectivity index (χ4v) is 4.30. The van der Waals surface area contributed by atoms with Crippen molar-refractivity contribution in [2.45, 2.75) is 6.04 Å². The van der Waals surface area contributed by atoms with Crippen molar-refractivity contribution in [1.29, 1.82) is 0 Å². The fourth-order valence-electron chi connectivity index (χ4n) is 2.47. The Bertz CT molecular complexity index is 792. The first-order chi connectivity index (χ1) is 12.1. The number of anilines is 1. The number of nitrogens with one attached hydrogen (secondary N) is 1. The number of hydrogen-bond donors (Lipinski definition) is 1. The van der Waals surface area contributed by atoms with Crippen molar-refractivity contribution < 1.29 is 19.1 Å². The Morgan fingerprint density at radius 2 is 2.08 bits per heavy atom. The summed E-state index contributed by atoms with van der Waals surface area (Å²) in [5, 5.41) is 4.62. The summed E-state index contributed by atoms with van der Waals surface area (Å²) in [6, 6.07) is 9.55. The van der Waals surface area contributed by atoms with Crippen LogP contribution in [0, 0.1) is 0 Å². The van der Waals surface area contributed by atoms with E-state index in [4.69, 9.17) is 0 Å². The number of benzene rings is 1. The zero-order valence-electron chi connectivity index (χ0n) is 13.4. The third-order valence-corrected chi connectivity index (χ3v) is 5.60. The number of amides is 2. The quantitative estimate of drug-likeness (QED) is 0.831. The predicted molar refractivity (Wildman–Crippen MR) is 98.0 cm³/mol. The molecule has 1 aromatic heterocycles. The van der Waals surface area contributed by atoms with E-state index >= 15 is 0 Å². The summed E-state index contributed by atoms with van der Waals surface area (Å²) in [5.74, 6) is 0.152. The standard InChI is InChI=1S/C17H16N2O4S2/c1-23-17(22)11-4-2-5-12(8-11)18-15(20)13-9-24-10-19(13)16(21)14-6-3-7-25-14/h2-8,13H,9-10H2,1H3,(H,18,20). The van der Waals surface area contributed by atoms with Gasteiger partial charge in [0.05, 0.1) is 23.4 Å². The molecule has 0 spiro atoms. The summed E-state index contributed by atoms with van der Waals surface area (Å²) < 4.78 is 4.68. The number of esters is 1. The van der Waals surface area contributed by atoms with Gasteiger partial charge in [0.15, 0.2) is 0 Å². The number of thioether (sulfide) groups is 1. The Morgan fingerprint density at radius 3 is 2.80 bits per heavy atom. The lowest BCUT2D eigenvalue weighted by atomic mass is 10.2. The third-order valence-electron chi connectivity index (χ3n) is 3.73. The molecule has 3 rings (SSSR count). The largest absolute Gasteiger partial charge is 0.465 e. The summed E-state index contributed by atoms with van der Waals surface area (Å²) >= 11 is 2.90. The molecule has 0 aliphatic carbocycles. The van der Waals surface area contributed by atoms with Crippen LogP contribution >= 0.6 is 23.1 Å². The summed E-state index contributed by atoms with van der Waals surface area (Å²) in [7, 11) is 1.30.